The number of methoxy groups -OCH3 is 3. The number of aromatic nitrogens is 1. The fourth-order valence-corrected chi connectivity index (χ4v) is 3.64. The third-order valence-electron chi connectivity index (χ3n) is 4.22. The van der Waals surface area contributed by atoms with Gasteiger partial charge in [-0.3, -0.25) is 4.79 Å². The molecule has 1 heterocycles. The van der Waals surface area contributed by atoms with Crippen LogP contribution in [-0.4, -0.2) is 38.8 Å². The number of ether oxygens (including phenoxy) is 3. The molecule has 0 aliphatic rings. The van der Waals surface area contributed by atoms with Crippen LogP contribution in [0.2, 0.25) is 0 Å². The van der Waals surface area contributed by atoms with Gasteiger partial charge in [-0.2, -0.15) is 0 Å². The summed E-state index contributed by atoms with van der Waals surface area (Å²) in [5.41, 5.74) is 1.99. The summed E-state index contributed by atoms with van der Waals surface area (Å²) in [6.45, 7) is 0.397. The third kappa shape index (κ3) is 4.83. The van der Waals surface area contributed by atoms with E-state index in [-0.39, 0.29) is 5.91 Å². The molecule has 3 rings (SSSR count). The van der Waals surface area contributed by atoms with Gasteiger partial charge >= 0.3 is 0 Å². The van der Waals surface area contributed by atoms with Crippen LogP contribution in [0.3, 0.4) is 0 Å². The monoisotopic (exact) mass is 416 g/mol. The van der Waals surface area contributed by atoms with Crippen molar-refractivity contribution in [3.63, 3.8) is 0 Å². The highest BCUT2D eigenvalue weighted by atomic mass is 32.1. The molecule has 0 saturated heterocycles. The van der Waals surface area contributed by atoms with Crippen LogP contribution >= 0.6 is 11.3 Å². The Kier molecular flexibility index (Phi) is 6.66. The molecule has 1 N–H and O–H groups in total. The predicted molar refractivity (Wildman–Crippen MR) is 110 cm³/mol. The van der Waals surface area contributed by atoms with E-state index in [0.717, 1.165) is 16.3 Å². The molecule has 0 spiro atoms. The Morgan fingerprint density at radius 3 is 2.45 bits per heavy atom. The standard InChI is InChI=1S/C21H21FN2O4S/c1-26-17-10-14(11-18(27-2)19(17)28-3)21-24-16(12-29-21)7-8-23-20(25)13-5-4-6-15(22)9-13/h4-6,9-12H,7-8H2,1-3H3,(H,23,25). The molecule has 8 heteroatoms. The highest BCUT2D eigenvalue weighted by molar-refractivity contribution is 7.13. The summed E-state index contributed by atoms with van der Waals surface area (Å²) in [6.07, 6.45) is 0.558. The maximum Gasteiger partial charge on any atom is 0.251 e. The minimum Gasteiger partial charge on any atom is -0.493 e. The first kappa shape index (κ1) is 20.6. The number of halogens is 1. The van der Waals surface area contributed by atoms with Crippen LogP contribution < -0.4 is 19.5 Å². The van der Waals surface area contributed by atoms with Crippen LogP contribution in [0.25, 0.3) is 10.6 Å². The van der Waals surface area contributed by atoms with Crippen molar-refractivity contribution >= 4 is 17.2 Å². The van der Waals surface area contributed by atoms with Crippen molar-refractivity contribution in [3.05, 3.63) is 58.9 Å². The number of rotatable bonds is 8. The lowest BCUT2D eigenvalue weighted by Crippen LogP contribution is -2.25. The van der Waals surface area contributed by atoms with Gasteiger partial charge in [0.05, 0.1) is 27.0 Å². The molecule has 0 fully saturated rings. The molecule has 1 aromatic heterocycles. The zero-order chi connectivity index (χ0) is 20.8. The fraction of sp³-hybridized carbons (Fsp3) is 0.238. The number of hydrogen-bond donors (Lipinski definition) is 1. The Morgan fingerprint density at radius 1 is 1.10 bits per heavy atom. The molecule has 2 aromatic carbocycles. The topological polar surface area (TPSA) is 69.7 Å². The smallest absolute Gasteiger partial charge is 0.251 e. The summed E-state index contributed by atoms with van der Waals surface area (Å²) < 4.78 is 29.3. The molecule has 0 radical (unpaired) electrons. The Hall–Kier alpha value is -3.13. The average Bonchev–Trinajstić information content (AvgIpc) is 3.21. The molecule has 0 saturated carbocycles. The molecule has 3 aromatic rings. The average molecular weight is 416 g/mol. The molecule has 0 aliphatic carbocycles. The van der Waals surface area contributed by atoms with Crippen LogP contribution in [0.5, 0.6) is 17.2 Å². The van der Waals surface area contributed by atoms with Crippen molar-refractivity contribution in [1.29, 1.82) is 0 Å². The Bertz CT molecular complexity index is 981. The Balaban J connectivity index is 1.67. The summed E-state index contributed by atoms with van der Waals surface area (Å²) in [5.74, 6) is 0.884. The first-order valence-electron chi connectivity index (χ1n) is 8.84. The molecular formula is C21H21FN2O4S. The van der Waals surface area contributed by atoms with Gasteiger partial charge in [0, 0.05) is 29.5 Å². The molecule has 29 heavy (non-hydrogen) atoms. The summed E-state index contributed by atoms with van der Waals surface area (Å²) >= 11 is 1.49. The van der Waals surface area contributed by atoms with Gasteiger partial charge in [0.1, 0.15) is 10.8 Å². The number of thiazole rings is 1. The van der Waals surface area contributed by atoms with Gasteiger partial charge in [0.15, 0.2) is 11.5 Å². The van der Waals surface area contributed by atoms with Crippen molar-refractivity contribution in [2.75, 3.05) is 27.9 Å². The van der Waals surface area contributed by atoms with Gasteiger partial charge in [-0.15, -0.1) is 11.3 Å². The molecule has 0 unspecified atom stereocenters. The zero-order valence-electron chi connectivity index (χ0n) is 16.3. The molecule has 6 nitrogen and oxygen atoms in total. The Labute approximate surface area is 172 Å². The van der Waals surface area contributed by atoms with E-state index in [1.54, 1.807) is 27.4 Å². The zero-order valence-corrected chi connectivity index (χ0v) is 17.1. The van der Waals surface area contributed by atoms with Crippen LogP contribution in [0.1, 0.15) is 16.1 Å². The highest BCUT2D eigenvalue weighted by Gasteiger charge is 2.16. The lowest BCUT2D eigenvalue weighted by Gasteiger charge is -2.13. The number of nitrogens with zero attached hydrogens (tertiary/aromatic N) is 1. The van der Waals surface area contributed by atoms with Crippen molar-refractivity contribution < 1.29 is 23.4 Å². The first-order chi connectivity index (χ1) is 14.0. The number of carbonyl (C=O) groups is 1. The summed E-state index contributed by atoms with van der Waals surface area (Å²) in [6, 6.07) is 9.28. The van der Waals surface area contributed by atoms with E-state index in [1.165, 1.54) is 29.5 Å². The van der Waals surface area contributed by atoms with Crippen molar-refractivity contribution in [1.82, 2.24) is 10.3 Å². The summed E-state index contributed by atoms with van der Waals surface area (Å²) in [7, 11) is 4.69. The molecule has 1 amide bonds. The first-order valence-corrected chi connectivity index (χ1v) is 9.72. The van der Waals surface area contributed by atoms with Gasteiger partial charge in [-0.05, 0) is 30.3 Å². The van der Waals surface area contributed by atoms with E-state index in [1.807, 2.05) is 17.5 Å². The van der Waals surface area contributed by atoms with E-state index in [2.05, 4.69) is 10.3 Å². The fourth-order valence-electron chi connectivity index (χ4n) is 2.79. The van der Waals surface area contributed by atoms with Gasteiger partial charge in [-0.25, -0.2) is 9.37 Å². The SMILES string of the molecule is COc1cc(-c2nc(CCNC(=O)c3cccc(F)c3)cs2)cc(OC)c1OC. The number of benzene rings is 2. The van der Waals surface area contributed by atoms with E-state index < -0.39 is 5.82 Å². The molecular weight excluding hydrogens is 395 g/mol. The minimum absolute atomic E-state index is 0.293. The number of amides is 1. The lowest BCUT2D eigenvalue weighted by molar-refractivity contribution is 0.0953. The number of hydrogen-bond acceptors (Lipinski definition) is 6. The number of nitrogens with one attached hydrogen (secondary N) is 1. The van der Waals surface area contributed by atoms with Gasteiger partial charge in [0.25, 0.3) is 5.91 Å². The third-order valence-corrected chi connectivity index (χ3v) is 5.16. The lowest BCUT2D eigenvalue weighted by atomic mass is 10.2. The molecule has 0 aliphatic heterocycles. The maximum absolute atomic E-state index is 13.2. The quantitative estimate of drug-likeness (QED) is 0.602. The van der Waals surface area contributed by atoms with E-state index in [4.69, 9.17) is 14.2 Å². The number of carbonyl (C=O) groups excluding carboxylic acids is 1. The van der Waals surface area contributed by atoms with Gasteiger partial charge < -0.3 is 19.5 Å². The highest BCUT2D eigenvalue weighted by Crippen LogP contribution is 2.41. The van der Waals surface area contributed by atoms with Crippen molar-refractivity contribution in [3.8, 4) is 27.8 Å². The van der Waals surface area contributed by atoms with E-state index >= 15 is 0 Å². The van der Waals surface area contributed by atoms with Crippen LogP contribution in [-0.2, 0) is 6.42 Å². The van der Waals surface area contributed by atoms with Gasteiger partial charge in [-0.1, -0.05) is 6.07 Å². The van der Waals surface area contributed by atoms with Crippen molar-refractivity contribution in [2.45, 2.75) is 6.42 Å². The van der Waals surface area contributed by atoms with E-state index in [9.17, 15) is 9.18 Å². The predicted octanol–water partition coefficient (Wildman–Crippen LogP) is 3.95. The second kappa shape index (κ2) is 9.38. The van der Waals surface area contributed by atoms with E-state index in [0.29, 0.717) is 35.8 Å². The van der Waals surface area contributed by atoms with Crippen LogP contribution in [0.15, 0.2) is 41.8 Å². The summed E-state index contributed by atoms with van der Waals surface area (Å²) in [5, 5.41) is 5.52. The van der Waals surface area contributed by atoms with Crippen LogP contribution in [0, 0.1) is 5.82 Å². The van der Waals surface area contributed by atoms with Crippen molar-refractivity contribution in [2.24, 2.45) is 0 Å². The Morgan fingerprint density at radius 2 is 1.83 bits per heavy atom. The molecule has 0 atom stereocenters. The van der Waals surface area contributed by atoms with Gasteiger partial charge in [0.2, 0.25) is 5.75 Å². The molecule has 0 bridgehead atoms. The van der Waals surface area contributed by atoms with Crippen LogP contribution in [0.4, 0.5) is 4.39 Å². The second-order valence-corrected chi connectivity index (χ2v) is 6.93. The normalized spacial score (nSPS) is 10.5. The maximum atomic E-state index is 13.2. The minimum atomic E-state index is -0.438. The largest absolute Gasteiger partial charge is 0.493 e. The second-order valence-electron chi connectivity index (χ2n) is 6.07. The molecule has 152 valence electrons. The summed E-state index contributed by atoms with van der Waals surface area (Å²) in [4.78, 5) is 16.7.